The number of nitrogens with zero attached hydrogens (tertiary/aromatic N) is 3. The first-order valence-electron chi connectivity index (χ1n) is 11.4. The van der Waals surface area contributed by atoms with Crippen LogP contribution >= 0.6 is 11.6 Å². The smallest absolute Gasteiger partial charge is 0.248 e. The van der Waals surface area contributed by atoms with Crippen molar-refractivity contribution in [2.75, 3.05) is 17.2 Å². The van der Waals surface area contributed by atoms with Crippen LogP contribution in [0.1, 0.15) is 43.1 Å². The number of halogens is 3. The lowest BCUT2D eigenvalue weighted by Crippen LogP contribution is -2.39. The molecule has 1 saturated carbocycles. The normalized spacial score (nSPS) is 23.5. The summed E-state index contributed by atoms with van der Waals surface area (Å²) in [6.07, 6.45) is 0.512. The molecule has 2 N–H and O–H groups in total. The third kappa shape index (κ3) is 5.19. The second kappa shape index (κ2) is 9.15. The highest BCUT2D eigenvalue weighted by Gasteiger charge is 2.39. The van der Waals surface area contributed by atoms with Gasteiger partial charge in [-0.2, -0.15) is 0 Å². The van der Waals surface area contributed by atoms with E-state index in [0.717, 1.165) is 5.56 Å². The van der Waals surface area contributed by atoms with Crippen LogP contribution in [0.25, 0.3) is 11.5 Å². The number of hydrogen-bond donors (Lipinski definition) is 1. The molecule has 0 amide bonds. The van der Waals surface area contributed by atoms with Gasteiger partial charge in [-0.15, -0.1) is 10.2 Å². The zero-order valence-electron chi connectivity index (χ0n) is 18.8. The topological polar surface area (TPSA) is 102 Å². The minimum absolute atomic E-state index is 0.130. The molecule has 186 valence electrons. The van der Waals surface area contributed by atoms with Gasteiger partial charge in [0.15, 0.2) is 9.84 Å². The molecule has 11 heteroatoms. The van der Waals surface area contributed by atoms with Crippen LogP contribution in [0.3, 0.4) is 0 Å². The second-order valence-corrected chi connectivity index (χ2v) is 11.8. The van der Waals surface area contributed by atoms with Crippen LogP contribution in [0.4, 0.5) is 14.5 Å². The van der Waals surface area contributed by atoms with Crippen molar-refractivity contribution in [1.82, 2.24) is 10.2 Å². The Balaban J connectivity index is 1.50. The molecule has 2 atom stereocenters. The number of benzene rings is 2. The molecule has 2 heterocycles. The summed E-state index contributed by atoms with van der Waals surface area (Å²) in [5, 5.41) is 8.72. The molecule has 2 aromatic carbocycles. The molecule has 0 radical (unpaired) electrons. The van der Waals surface area contributed by atoms with Crippen LogP contribution in [0.2, 0.25) is 5.02 Å². The first-order valence-corrected chi connectivity index (χ1v) is 13.5. The van der Waals surface area contributed by atoms with Crippen LogP contribution < -0.4 is 10.6 Å². The molecule has 1 unspecified atom stereocenters. The fraction of sp³-hybridized carbons (Fsp3) is 0.417. The van der Waals surface area contributed by atoms with Gasteiger partial charge in [-0.1, -0.05) is 23.7 Å². The summed E-state index contributed by atoms with van der Waals surface area (Å²) in [6.45, 7) is 0.744. The molecule has 0 saturated heterocycles. The molecule has 3 aromatic rings. The summed E-state index contributed by atoms with van der Waals surface area (Å²) in [5.74, 6) is -3.06. The molecule has 5 rings (SSSR count). The minimum atomic E-state index is -3.62. The van der Waals surface area contributed by atoms with Gasteiger partial charge in [0, 0.05) is 48.5 Å². The highest BCUT2D eigenvalue weighted by atomic mass is 35.5. The van der Waals surface area contributed by atoms with Crippen LogP contribution in [-0.2, 0) is 16.4 Å². The standard InChI is InChI=1S/C24H25ClF2N4O3S/c25-18-6-3-15(4-7-18)12-31-13-19(28)14-35(32,33)21-8-5-16(10-20(21)31)22-29-30-23(34-22)17-2-1-9-24(26,27)11-17/h3-8,10,17,19H,1-2,9,11-14,28H2/t17?,19-/m1/s1. The molecule has 1 aliphatic carbocycles. The van der Waals surface area contributed by atoms with Gasteiger partial charge in [-0.05, 0) is 48.7 Å². The average Bonchev–Trinajstić information content (AvgIpc) is 3.26. The Morgan fingerprint density at radius 3 is 2.69 bits per heavy atom. The highest BCUT2D eigenvalue weighted by Crippen LogP contribution is 2.42. The Hall–Kier alpha value is -2.56. The number of sulfone groups is 1. The van der Waals surface area contributed by atoms with Crippen molar-refractivity contribution in [3.8, 4) is 11.5 Å². The summed E-state index contributed by atoms with van der Waals surface area (Å²) < 4.78 is 59.6. The first kappa shape index (κ1) is 24.1. The minimum Gasteiger partial charge on any atom is -0.420 e. The molecule has 35 heavy (non-hydrogen) atoms. The van der Waals surface area contributed by atoms with Crippen LogP contribution in [0.5, 0.6) is 0 Å². The van der Waals surface area contributed by atoms with Gasteiger partial charge in [0.1, 0.15) is 0 Å². The van der Waals surface area contributed by atoms with Gasteiger partial charge >= 0.3 is 0 Å². The SMILES string of the molecule is N[C@@H]1CN(Cc2ccc(Cl)cc2)c2cc(-c3nnc(C4CCCC(F)(F)C4)o3)ccc2S(=O)(=O)C1. The molecule has 1 aliphatic heterocycles. The number of fused-ring (bicyclic) bond motifs is 1. The lowest BCUT2D eigenvalue weighted by molar-refractivity contribution is -0.0435. The lowest BCUT2D eigenvalue weighted by Gasteiger charge is -2.26. The molecular formula is C24H25ClF2N4O3S. The maximum atomic E-state index is 13.9. The molecule has 7 nitrogen and oxygen atoms in total. The summed E-state index contributed by atoms with van der Waals surface area (Å²) in [5.41, 5.74) is 8.10. The van der Waals surface area contributed by atoms with Crippen molar-refractivity contribution >= 4 is 27.1 Å². The summed E-state index contributed by atoms with van der Waals surface area (Å²) >= 11 is 6.01. The van der Waals surface area contributed by atoms with Crippen LogP contribution in [0, 0.1) is 0 Å². The quantitative estimate of drug-likeness (QED) is 0.524. The summed E-state index contributed by atoms with van der Waals surface area (Å²) in [7, 11) is -3.62. The van der Waals surface area contributed by atoms with Crippen LogP contribution in [-0.4, -0.2) is 42.9 Å². The molecular weight excluding hydrogens is 498 g/mol. The Labute approximate surface area is 207 Å². The number of aromatic nitrogens is 2. The van der Waals surface area contributed by atoms with E-state index in [1.807, 2.05) is 17.0 Å². The molecule has 0 spiro atoms. The van der Waals surface area contributed by atoms with Gasteiger partial charge in [-0.25, -0.2) is 17.2 Å². The van der Waals surface area contributed by atoms with E-state index in [1.165, 1.54) is 6.07 Å². The summed E-state index contributed by atoms with van der Waals surface area (Å²) in [6, 6.07) is 11.5. The summed E-state index contributed by atoms with van der Waals surface area (Å²) in [4.78, 5) is 2.09. The predicted octanol–water partition coefficient (Wildman–Crippen LogP) is 4.80. The Morgan fingerprint density at radius 1 is 1.17 bits per heavy atom. The van der Waals surface area contributed by atoms with Gasteiger partial charge in [0.25, 0.3) is 0 Å². The molecule has 2 aliphatic rings. The van der Waals surface area contributed by atoms with Crippen molar-refractivity contribution in [1.29, 1.82) is 0 Å². The lowest BCUT2D eigenvalue weighted by atomic mass is 9.86. The van der Waals surface area contributed by atoms with Crippen LogP contribution in [0.15, 0.2) is 51.8 Å². The van der Waals surface area contributed by atoms with Gasteiger partial charge in [-0.3, -0.25) is 0 Å². The van der Waals surface area contributed by atoms with E-state index in [-0.39, 0.29) is 35.3 Å². The largest absolute Gasteiger partial charge is 0.420 e. The van der Waals surface area contributed by atoms with Gasteiger partial charge in [0.05, 0.1) is 16.3 Å². The Morgan fingerprint density at radius 2 is 1.94 bits per heavy atom. The molecule has 0 bridgehead atoms. The monoisotopic (exact) mass is 522 g/mol. The van der Waals surface area contributed by atoms with E-state index in [1.54, 1.807) is 24.3 Å². The van der Waals surface area contributed by atoms with Gasteiger partial charge < -0.3 is 15.1 Å². The van der Waals surface area contributed by atoms with E-state index >= 15 is 0 Å². The van der Waals surface area contributed by atoms with E-state index in [4.69, 9.17) is 21.8 Å². The predicted molar refractivity (Wildman–Crippen MR) is 128 cm³/mol. The number of nitrogens with two attached hydrogens (primary N) is 1. The second-order valence-electron chi connectivity index (χ2n) is 9.33. The van der Waals surface area contributed by atoms with E-state index in [9.17, 15) is 17.2 Å². The maximum Gasteiger partial charge on any atom is 0.248 e. The van der Waals surface area contributed by atoms with Crippen molar-refractivity contribution in [2.24, 2.45) is 5.73 Å². The fourth-order valence-electron chi connectivity index (χ4n) is 4.82. The number of alkyl halides is 2. The fourth-order valence-corrected chi connectivity index (χ4v) is 6.58. The van der Waals surface area contributed by atoms with Crippen molar-refractivity contribution in [3.63, 3.8) is 0 Å². The Bertz CT molecular complexity index is 1330. The zero-order chi connectivity index (χ0) is 24.8. The van der Waals surface area contributed by atoms with E-state index in [0.29, 0.717) is 42.2 Å². The van der Waals surface area contributed by atoms with Crippen molar-refractivity contribution in [3.05, 3.63) is 58.9 Å². The van der Waals surface area contributed by atoms with Crippen molar-refractivity contribution in [2.45, 2.75) is 55.0 Å². The Kier molecular flexibility index (Phi) is 6.31. The number of hydrogen-bond acceptors (Lipinski definition) is 7. The molecule has 1 aromatic heterocycles. The third-order valence-corrected chi connectivity index (χ3v) is 8.62. The van der Waals surface area contributed by atoms with E-state index in [2.05, 4.69) is 10.2 Å². The highest BCUT2D eigenvalue weighted by molar-refractivity contribution is 7.91. The molecule has 1 fully saturated rings. The first-order chi connectivity index (χ1) is 16.6. The number of rotatable bonds is 4. The van der Waals surface area contributed by atoms with Crippen molar-refractivity contribution < 1.29 is 21.6 Å². The maximum absolute atomic E-state index is 13.9. The number of anilines is 1. The third-order valence-electron chi connectivity index (χ3n) is 6.49. The average molecular weight is 523 g/mol. The zero-order valence-corrected chi connectivity index (χ0v) is 20.4. The van der Waals surface area contributed by atoms with E-state index < -0.39 is 27.7 Å². The van der Waals surface area contributed by atoms with Gasteiger partial charge in [0.2, 0.25) is 17.7 Å².